The largest absolute Gasteiger partial charge is 0.322 e. The van der Waals surface area contributed by atoms with Gasteiger partial charge in [-0.25, -0.2) is 4.98 Å². The van der Waals surface area contributed by atoms with Crippen LogP contribution < -0.4 is 0 Å². The molecule has 0 N–H and O–H groups in total. The zero-order chi connectivity index (χ0) is 7.84. The lowest BCUT2D eigenvalue weighted by Crippen LogP contribution is -2.12. The van der Waals surface area contributed by atoms with Gasteiger partial charge >= 0.3 is 0 Å². The second-order valence-electron chi connectivity index (χ2n) is 3.15. The number of rotatable bonds is 0. The van der Waals surface area contributed by atoms with Crippen molar-refractivity contribution in [3.05, 3.63) is 16.6 Å². The molecule has 0 saturated heterocycles. The molecule has 1 aromatic heterocycles. The molecule has 1 unspecified atom stereocenters. The Morgan fingerprint density at radius 2 is 2.55 bits per heavy atom. The van der Waals surface area contributed by atoms with Gasteiger partial charge in [-0.1, -0.05) is 6.92 Å². The van der Waals surface area contributed by atoms with E-state index in [2.05, 4.69) is 32.4 Å². The van der Waals surface area contributed by atoms with Crippen molar-refractivity contribution in [1.82, 2.24) is 9.55 Å². The van der Waals surface area contributed by atoms with Crippen molar-refractivity contribution < 1.29 is 0 Å². The van der Waals surface area contributed by atoms with Gasteiger partial charge < -0.3 is 4.57 Å². The molecule has 2 heterocycles. The molecule has 1 aliphatic heterocycles. The van der Waals surface area contributed by atoms with Crippen molar-refractivity contribution in [2.24, 2.45) is 0 Å². The lowest BCUT2D eigenvalue weighted by Gasteiger charge is -2.20. The molecule has 0 aromatic carbocycles. The molecule has 11 heavy (non-hydrogen) atoms. The van der Waals surface area contributed by atoms with Crippen LogP contribution in [0.3, 0.4) is 0 Å². The Balaban J connectivity index is 2.46. The molecule has 2 nitrogen and oxygen atoms in total. The van der Waals surface area contributed by atoms with E-state index in [1.165, 1.54) is 18.5 Å². The maximum atomic E-state index is 4.23. The molecule has 0 amide bonds. The van der Waals surface area contributed by atoms with Gasteiger partial charge in [-0.3, -0.25) is 0 Å². The van der Waals surface area contributed by atoms with E-state index in [9.17, 15) is 0 Å². The van der Waals surface area contributed by atoms with E-state index in [-0.39, 0.29) is 0 Å². The van der Waals surface area contributed by atoms with Crippen molar-refractivity contribution >= 4 is 15.9 Å². The molecule has 0 aliphatic carbocycles. The smallest absolute Gasteiger partial charge is 0.177 e. The Labute approximate surface area is 74.8 Å². The molecule has 1 aliphatic rings. The number of hydrogen-bond acceptors (Lipinski definition) is 1. The van der Waals surface area contributed by atoms with Crippen LogP contribution in [0.4, 0.5) is 0 Å². The van der Waals surface area contributed by atoms with Gasteiger partial charge in [0.15, 0.2) is 4.73 Å². The first-order valence-electron chi connectivity index (χ1n) is 4.00. The van der Waals surface area contributed by atoms with Crippen LogP contribution in [-0.2, 0) is 6.54 Å². The summed E-state index contributed by atoms with van der Waals surface area (Å²) >= 11 is 3.43. The predicted octanol–water partition coefficient (Wildman–Crippen LogP) is 2.54. The van der Waals surface area contributed by atoms with Crippen LogP contribution in [0.2, 0.25) is 0 Å². The van der Waals surface area contributed by atoms with E-state index in [1.54, 1.807) is 0 Å². The summed E-state index contributed by atoms with van der Waals surface area (Å²) in [5, 5.41) is 0. The highest BCUT2D eigenvalue weighted by molar-refractivity contribution is 9.10. The number of halogens is 1. The topological polar surface area (TPSA) is 17.8 Å². The Morgan fingerprint density at radius 3 is 3.27 bits per heavy atom. The molecule has 0 fully saturated rings. The molecule has 60 valence electrons. The van der Waals surface area contributed by atoms with Gasteiger partial charge in [0.1, 0.15) is 0 Å². The van der Waals surface area contributed by atoms with Crippen molar-refractivity contribution in [1.29, 1.82) is 0 Å². The molecule has 1 aromatic rings. The lowest BCUT2D eigenvalue weighted by atomic mass is 9.99. The molecular formula is C8H11BrN2. The average Bonchev–Trinajstić information content (AvgIpc) is 2.35. The van der Waals surface area contributed by atoms with Gasteiger partial charge in [-0.2, -0.15) is 0 Å². The Hall–Kier alpha value is -0.310. The molecule has 0 saturated carbocycles. The maximum absolute atomic E-state index is 4.23. The van der Waals surface area contributed by atoms with Gasteiger partial charge in [0, 0.05) is 18.4 Å². The zero-order valence-electron chi connectivity index (χ0n) is 6.55. The van der Waals surface area contributed by atoms with Crippen molar-refractivity contribution in [3.63, 3.8) is 0 Å². The molecule has 0 bridgehead atoms. The van der Waals surface area contributed by atoms with E-state index in [1.807, 2.05) is 6.20 Å². The first kappa shape index (κ1) is 7.35. The maximum Gasteiger partial charge on any atom is 0.177 e. The van der Waals surface area contributed by atoms with Crippen molar-refractivity contribution in [2.45, 2.75) is 32.2 Å². The Kier molecular flexibility index (Phi) is 1.75. The van der Waals surface area contributed by atoms with Crippen LogP contribution in [-0.4, -0.2) is 9.55 Å². The van der Waals surface area contributed by atoms with E-state index < -0.39 is 0 Å². The van der Waals surface area contributed by atoms with Crippen LogP contribution in [0.15, 0.2) is 10.9 Å². The fraction of sp³-hybridized carbons (Fsp3) is 0.625. The summed E-state index contributed by atoms with van der Waals surface area (Å²) in [5.41, 5.74) is 1.38. The van der Waals surface area contributed by atoms with E-state index in [0.29, 0.717) is 5.92 Å². The minimum absolute atomic E-state index is 0.683. The fourth-order valence-electron chi connectivity index (χ4n) is 1.68. The highest BCUT2D eigenvalue weighted by atomic mass is 79.9. The Bertz CT molecular complexity index is 267. The number of aromatic nitrogens is 2. The second-order valence-corrected chi connectivity index (χ2v) is 3.86. The van der Waals surface area contributed by atoms with Crippen LogP contribution in [0.1, 0.15) is 31.4 Å². The third-order valence-electron chi connectivity index (χ3n) is 2.36. The second kappa shape index (κ2) is 2.63. The third kappa shape index (κ3) is 1.11. The minimum atomic E-state index is 0.683. The van der Waals surface area contributed by atoms with Crippen molar-refractivity contribution in [3.8, 4) is 0 Å². The van der Waals surface area contributed by atoms with Crippen LogP contribution in [0.5, 0.6) is 0 Å². The molecule has 0 radical (unpaired) electrons. The van der Waals surface area contributed by atoms with Crippen LogP contribution >= 0.6 is 15.9 Å². The van der Waals surface area contributed by atoms with Gasteiger partial charge in [0.25, 0.3) is 0 Å². The fourth-order valence-corrected chi connectivity index (χ4v) is 2.17. The normalized spacial score (nSPS) is 23.3. The molecule has 0 spiro atoms. The average molecular weight is 215 g/mol. The van der Waals surface area contributed by atoms with Gasteiger partial charge in [0.05, 0.1) is 0 Å². The zero-order valence-corrected chi connectivity index (χ0v) is 8.13. The van der Waals surface area contributed by atoms with E-state index >= 15 is 0 Å². The summed E-state index contributed by atoms with van der Waals surface area (Å²) in [6.07, 6.45) is 4.56. The SMILES string of the molecule is CC1CCCn2c1cnc2Br. The lowest BCUT2D eigenvalue weighted by molar-refractivity contribution is 0.469. The number of imidazole rings is 1. The molecule has 2 rings (SSSR count). The van der Waals surface area contributed by atoms with Gasteiger partial charge in [-0.05, 0) is 34.7 Å². The summed E-state index contributed by atoms with van der Waals surface area (Å²) in [7, 11) is 0. The third-order valence-corrected chi connectivity index (χ3v) is 2.99. The quantitative estimate of drug-likeness (QED) is 0.650. The van der Waals surface area contributed by atoms with Crippen LogP contribution in [0.25, 0.3) is 0 Å². The molecule has 1 atom stereocenters. The van der Waals surface area contributed by atoms with Crippen LogP contribution in [0, 0.1) is 0 Å². The summed E-state index contributed by atoms with van der Waals surface area (Å²) in [6, 6.07) is 0. The highest BCUT2D eigenvalue weighted by Gasteiger charge is 2.18. The standard InChI is InChI=1S/C8H11BrN2/c1-6-3-2-4-11-7(6)5-10-8(11)9/h5-6H,2-4H2,1H3. The number of fused-ring (bicyclic) bond motifs is 1. The predicted molar refractivity (Wildman–Crippen MR) is 47.6 cm³/mol. The van der Waals surface area contributed by atoms with Gasteiger partial charge in [0.2, 0.25) is 0 Å². The Morgan fingerprint density at radius 1 is 1.73 bits per heavy atom. The number of hydrogen-bond donors (Lipinski definition) is 0. The molecular weight excluding hydrogens is 204 g/mol. The summed E-state index contributed by atoms with van der Waals surface area (Å²) in [6.45, 7) is 3.39. The first-order valence-corrected chi connectivity index (χ1v) is 4.79. The number of nitrogens with zero attached hydrogens (tertiary/aromatic N) is 2. The molecule has 3 heteroatoms. The first-order chi connectivity index (χ1) is 5.29. The monoisotopic (exact) mass is 214 g/mol. The van der Waals surface area contributed by atoms with E-state index in [0.717, 1.165) is 11.3 Å². The minimum Gasteiger partial charge on any atom is -0.322 e. The van der Waals surface area contributed by atoms with Gasteiger partial charge in [-0.15, -0.1) is 0 Å². The summed E-state index contributed by atoms with van der Waals surface area (Å²) in [4.78, 5) is 4.23. The highest BCUT2D eigenvalue weighted by Crippen LogP contribution is 2.28. The summed E-state index contributed by atoms with van der Waals surface area (Å²) in [5.74, 6) is 0.683. The van der Waals surface area contributed by atoms with E-state index in [4.69, 9.17) is 0 Å². The summed E-state index contributed by atoms with van der Waals surface area (Å²) < 4.78 is 3.24. The van der Waals surface area contributed by atoms with Crippen molar-refractivity contribution in [2.75, 3.05) is 0 Å².